The summed E-state index contributed by atoms with van der Waals surface area (Å²) < 4.78 is 18.1. The number of aryl methyl sites for hydroxylation is 1. The van der Waals surface area contributed by atoms with E-state index < -0.39 is 11.9 Å². The monoisotopic (exact) mass is 457 g/mol. The maximum Gasteiger partial charge on any atom is 0.335 e. The number of aromatic carboxylic acids is 1. The van der Waals surface area contributed by atoms with Crippen LogP contribution in [0, 0.1) is 29.6 Å². The summed E-state index contributed by atoms with van der Waals surface area (Å²) in [6, 6.07) is 15.4. The Kier molecular flexibility index (Phi) is 5.81. The first-order valence-corrected chi connectivity index (χ1v) is 10.1. The van der Waals surface area contributed by atoms with Crippen molar-refractivity contribution in [1.29, 1.82) is 10.5 Å². The molecule has 4 rings (SSSR count). The Morgan fingerprint density at radius 1 is 1.26 bits per heavy atom. The van der Waals surface area contributed by atoms with Crippen LogP contribution in [0.3, 0.4) is 0 Å². The SMILES string of the molecule is COc1cc(C2C(C#N)=C(N)Oc3c2c(C)nn3-c2cccc(C(=O)O)c2)ccc1OCC#N. The van der Waals surface area contributed by atoms with E-state index in [1.807, 2.05) is 6.07 Å². The highest BCUT2D eigenvalue weighted by atomic mass is 16.5. The molecule has 0 amide bonds. The predicted molar refractivity (Wildman–Crippen MR) is 119 cm³/mol. The summed E-state index contributed by atoms with van der Waals surface area (Å²) in [5, 5.41) is 32.6. The number of nitrogens with zero attached hydrogens (tertiary/aromatic N) is 4. The number of nitrogens with two attached hydrogens (primary N) is 1. The van der Waals surface area contributed by atoms with Gasteiger partial charge in [-0.15, -0.1) is 0 Å². The number of ether oxygens (including phenoxy) is 3. The maximum atomic E-state index is 11.4. The molecule has 3 aromatic rings. The Balaban J connectivity index is 1.89. The summed E-state index contributed by atoms with van der Waals surface area (Å²) in [5.74, 6) is -0.728. The van der Waals surface area contributed by atoms with E-state index in [0.717, 1.165) is 0 Å². The lowest BCUT2D eigenvalue weighted by atomic mass is 9.84. The van der Waals surface area contributed by atoms with Crippen LogP contribution in [0.25, 0.3) is 5.69 Å². The number of allylic oxidation sites excluding steroid dienone is 1. The highest BCUT2D eigenvalue weighted by Gasteiger charge is 2.36. The minimum absolute atomic E-state index is 0.0840. The Hall–Kier alpha value is -4.96. The second-order valence-corrected chi connectivity index (χ2v) is 7.35. The van der Waals surface area contributed by atoms with E-state index in [1.165, 1.54) is 23.9 Å². The number of hydrogen-bond donors (Lipinski definition) is 2. The van der Waals surface area contributed by atoms with Crippen LogP contribution < -0.4 is 19.9 Å². The highest BCUT2D eigenvalue weighted by Crippen LogP contribution is 2.46. The number of fused-ring (bicyclic) bond motifs is 1. The van der Waals surface area contributed by atoms with Crippen LogP contribution in [0.2, 0.25) is 0 Å². The fourth-order valence-corrected chi connectivity index (χ4v) is 3.89. The molecule has 0 aliphatic carbocycles. The van der Waals surface area contributed by atoms with Gasteiger partial charge >= 0.3 is 5.97 Å². The van der Waals surface area contributed by atoms with Crippen LogP contribution in [0.4, 0.5) is 0 Å². The number of carboxylic acid groups (broad SMARTS) is 1. The van der Waals surface area contributed by atoms with Crippen LogP contribution >= 0.6 is 0 Å². The Bertz CT molecular complexity index is 1410. The molecule has 3 N–H and O–H groups in total. The molecule has 2 aromatic carbocycles. The molecule has 1 atom stereocenters. The summed E-state index contributed by atoms with van der Waals surface area (Å²) in [6.07, 6.45) is 0. The zero-order chi connectivity index (χ0) is 24.4. The van der Waals surface area contributed by atoms with Gasteiger partial charge in [-0.2, -0.15) is 15.6 Å². The van der Waals surface area contributed by atoms with E-state index in [4.69, 9.17) is 25.2 Å². The molecule has 10 heteroatoms. The highest BCUT2D eigenvalue weighted by molar-refractivity contribution is 5.88. The van der Waals surface area contributed by atoms with Gasteiger partial charge < -0.3 is 25.1 Å². The number of rotatable bonds is 6. The second-order valence-electron chi connectivity index (χ2n) is 7.35. The molecule has 1 unspecified atom stereocenters. The van der Waals surface area contributed by atoms with Crippen LogP contribution in [0.5, 0.6) is 17.4 Å². The molecular formula is C24H19N5O5. The molecule has 0 bridgehead atoms. The van der Waals surface area contributed by atoms with E-state index in [9.17, 15) is 15.2 Å². The third-order valence-corrected chi connectivity index (χ3v) is 5.38. The molecule has 0 saturated carbocycles. The Morgan fingerprint density at radius 2 is 2.06 bits per heavy atom. The number of carbonyl (C=O) groups is 1. The van der Waals surface area contributed by atoms with Crippen molar-refractivity contribution in [3.63, 3.8) is 0 Å². The van der Waals surface area contributed by atoms with Gasteiger partial charge in [0.25, 0.3) is 0 Å². The first kappa shape index (κ1) is 22.2. The van der Waals surface area contributed by atoms with E-state index in [2.05, 4.69) is 11.2 Å². The van der Waals surface area contributed by atoms with Gasteiger partial charge in [0.05, 0.1) is 35.5 Å². The Morgan fingerprint density at radius 3 is 2.74 bits per heavy atom. The molecule has 0 fully saturated rings. The van der Waals surface area contributed by atoms with Gasteiger partial charge in [-0.1, -0.05) is 12.1 Å². The van der Waals surface area contributed by atoms with Crippen molar-refractivity contribution in [2.45, 2.75) is 12.8 Å². The molecule has 170 valence electrons. The first-order valence-electron chi connectivity index (χ1n) is 10.1. The van der Waals surface area contributed by atoms with Gasteiger partial charge in [-0.3, -0.25) is 0 Å². The minimum atomic E-state index is -1.07. The molecule has 0 spiro atoms. The van der Waals surface area contributed by atoms with Gasteiger partial charge in [0.15, 0.2) is 18.1 Å². The average Bonchev–Trinajstić information content (AvgIpc) is 3.17. The zero-order valence-electron chi connectivity index (χ0n) is 18.3. The minimum Gasteiger partial charge on any atom is -0.493 e. The van der Waals surface area contributed by atoms with Crippen LogP contribution in [0.15, 0.2) is 53.9 Å². The number of benzene rings is 2. The number of methoxy groups -OCH3 is 1. The molecule has 1 aliphatic rings. The smallest absolute Gasteiger partial charge is 0.335 e. The molecule has 0 radical (unpaired) electrons. The third kappa shape index (κ3) is 3.74. The number of carboxylic acids is 1. The van der Waals surface area contributed by atoms with Crippen LogP contribution in [0.1, 0.15) is 33.1 Å². The van der Waals surface area contributed by atoms with Crippen LogP contribution in [-0.4, -0.2) is 34.6 Å². The molecule has 1 aromatic heterocycles. The summed E-state index contributed by atoms with van der Waals surface area (Å²) in [4.78, 5) is 11.4. The lowest BCUT2D eigenvalue weighted by Crippen LogP contribution is -2.22. The molecule has 34 heavy (non-hydrogen) atoms. The normalized spacial score (nSPS) is 14.4. The van der Waals surface area contributed by atoms with Crippen molar-refractivity contribution >= 4 is 5.97 Å². The molecule has 2 heterocycles. The summed E-state index contributed by atoms with van der Waals surface area (Å²) >= 11 is 0. The van der Waals surface area contributed by atoms with Gasteiger partial charge in [-0.25, -0.2) is 9.48 Å². The van der Waals surface area contributed by atoms with Crippen LogP contribution in [-0.2, 0) is 0 Å². The predicted octanol–water partition coefficient (Wildman–Crippen LogP) is 3.01. The van der Waals surface area contributed by atoms with Gasteiger partial charge in [0.1, 0.15) is 17.7 Å². The van der Waals surface area contributed by atoms with E-state index >= 15 is 0 Å². The van der Waals surface area contributed by atoms with Crippen molar-refractivity contribution in [1.82, 2.24) is 9.78 Å². The largest absolute Gasteiger partial charge is 0.493 e. The van der Waals surface area contributed by atoms with Crippen molar-refractivity contribution in [2.24, 2.45) is 5.73 Å². The van der Waals surface area contributed by atoms with Crippen molar-refractivity contribution in [3.05, 3.63) is 76.3 Å². The molecule has 0 saturated heterocycles. The topological polar surface area (TPSA) is 156 Å². The maximum absolute atomic E-state index is 11.4. The van der Waals surface area contributed by atoms with Crippen molar-refractivity contribution < 1.29 is 24.1 Å². The van der Waals surface area contributed by atoms with Crippen molar-refractivity contribution in [3.8, 4) is 35.2 Å². The van der Waals surface area contributed by atoms with Gasteiger partial charge in [-0.05, 0) is 42.8 Å². The Labute approximate surface area is 194 Å². The fourth-order valence-electron chi connectivity index (χ4n) is 3.89. The molecular weight excluding hydrogens is 438 g/mol. The van der Waals surface area contributed by atoms with Crippen molar-refractivity contribution in [2.75, 3.05) is 13.7 Å². The average molecular weight is 457 g/mol. The zero-order valence-corrected chi connectivity index (χ0v) is 18.3. The third-order valence-electron chi connectivity index (χ3n) is 5.38. The lowest BCUT2D eigenvalue weighted by Gasteiger charge is -2.25. The van der Waals surface area contributed by atoms with E-state index in [1.54, 1.807) is 37.3 Å². The standard InChI is InChI=1S/C24H19N5O5/c1-13-20-21(14-6-7-18(33-9-8-25)19(11-14)32-2)17(12-26)22(27)34-23(20)29(28-13)16-5-3-4-15(10-16)24(30)31/h3-7,10-11,21H,9,27H2,1-2H3,(H,30,31). The second kappa shape index (κ2) is 8.88. The quantitative estimate of drug-likeness (QED) is 0.568. The van der Waals surface area contributed by atoms with Gasteiger partial charge in [0.2, 0.25) is 11.8 Å². The summed E-state index contributed by atoms with van der Waals surface area (Å²) in [7, 11) is 1.47. The molecule has 1 aliphatic heterocycles. The van der Waals surface area contributed by atoms with Gasteiger partial charge in [0, 0.05) is 0 Å². The number of hydrogen-bond acceptors (Lipinski definition) is 8. The lowest BCUT2D eigenvalue weighted by molar-refractivity contribution is 0.0697. The van der Waals surface area contributed by atoms with E-state index in [0.29, 0.717) is 34.0 Å². The van der Waals surface area contributed by atoms with E-state index in [-0.39, 0.29) is 29.5 Å². The first-order chi connectivity index (χ1) is 16.4. The summed E-state index contributed by atoms with van der Waals surface area (Å²) in [6.45, 7) is 1.62. The fraction of sp³-hybridized carbons (Fsp3) is 0.167. The summed E-state index contributed by atoms with van der Waals surface area (Å²) in [5.41, 5.74) is 8.75. The number of aromatic nitrogens is 2. The number of nitriles is 2. The molecule has 10 nitrogen and oxygen atoms in total.